The van der Waals surface area contributed by atoms with Crippen molar-refractivity contribution in [1.82, 2.24) is 10.2 Å². The monoisotopic (exact) mass is 264 g/mol. The summed E-state index contributed by atoms with van der Waals surface area (Å²) in [5.41, 5.74) is 0.354. The van der Waals surface area contributed by atoms with Crippen LogP contribution in [0.15, 0.2) is 12.2 Å². The number of piperazine rings is 1. The Hall–Kier alpha value is -0.340. The molecular weight excluding hydrogens is 232 g/mol. The molecule has 19 heavy (non-hydrogen) atoms. The second-order valence-corrected chi connectivity index (χ2v) is 6.79. The summed E-state index contributed by atoms with van der Waals surface area (Å²) in [6.45, 7) is 11.8. The molecule has 0 aromatic rings. The van der Waals surface area contributed by atoms with Gasteiger partial charge in [-0.1, -0.05) is 39.8 Å². The zero-order valence-electron chi connectivity index (χ0n) is 13.3. The lowest BCUT2D eigenvalue weighted by Crippen LogP contribution is -2.67. The Balaban J connectivity index is 2.14. The lowest BCUT2D eigenvalue weighted by Gasteiger charge is -2.52. The average molecular weight is 264 g/mol. The summed E-state index contributed by atoms with van der Waals surface area (Å²) in [5, 5.41) is 3.87. The summed E-state index contributed by atoms with van der Waals surface area (Å²) in [5.74, 6) is 0.741. The standard InChI is InChI=1S/C17H32N2/c1-5-17(6-2)13-19(15-10-8-7-9-11-15)16(12-18-17)14(3)4/h7-8,14-16,18H,5-6,9-13H2,1-4H3. The largest absolute Gasteiger partial charge is 0.308 e. The molecule has 1 aliphatic heterocycles. The summed E-state index contributed by atoms with van der Waals surface area (Å²) in [7, 11) is 0. The highest BCUT2D eigenvalue weighted by Crippen LogP contribution is 2.30. The van der Waals surface area contributed by atoms with E-state index < -0.39 is 0 Å². The number of nitrogens with one attached hydrogen (secondary N) is 1. The molecule has 2 aliphatic rings. The van der Waals surface area contributed by atoms with E-state index in [4.69, 9.17) is 0 Å². The first-order valence-corrected chi connectivity index (χ1v) is 8.27. The second-order valence-electron chi connectivity index (χ2n) is 6.79. The molecule has 2 atom stereocenters. The van der Waals surface area contributed by atoms with Crippen LogP contribution in [0.5, 0.6) is 0 Å². The zero-order chi connectivity index (χ0) is 13.9. The Labute approximate surface area is 119 Å². The lowest BCUT2D eigenvalue weighted by molar-refractivity contribution is 0.0137. The maximum Gasteiger partial charge on any atom is 0.0304 e. The van der Waals surface area contributed by atoms with Crippen molar-refractivity contribution in [1.29, 1.82) is 0 Å². The van der Waals surface area contributed by atoms with Gasteiger partial charge >= 0.3 is 0 Å². The fourth-order valence-electron chi connectivity index (χ4n) is 3.78. The van der Waals surface area contributed by atoms with Crippen LogP contribution in [0.3, 0.4) is 0 Å². The van der Waals surface area contributed by atoms with E-state index in [9.17, 15) is 0 Å². The smallest absolute Gasteiger partial charge is 0.0304 e. The van der Waals surface area contributed by atoms with Crippen LogP contribution in [0.25, 0.3) is 0 Å². The van der Waals surface area contributed by atoms with Crippen molar-refractivity contribution in [3.8, 4) is 0 Å². The zero-order valence-corrected chi connectivity index (χ0v) is 13.3. The number of rotatable bonds is 4. The van der Waals surface area contributed by atoms with Crippen molar-refractivity contribution in [2.24, 2.45) is 5.92 Å². The molecule has 1 saturated heterocycles. The van der Waals surface area contributed by atoms with Gasteiger partial charge in [-0.15, -0.1) is 0 Å². The fraction of sp³-hybridized carbons (Fsp3) is 0.882. The quantitative estimate of drug-likeness (QED) is 0.781. The van der Waals surface area contributed by atoms with Crippen molar-refractivity contribution in [3.63, 3.8) is 0 Å². The first kappa shape index (κ1) is 15.1. The van der Waals surface area contributed by atoms with Crippen LogP contribution in [0.1, 0.15) is 59.8 Å². The van der Waals surface area contributed by atoms with Gasteiger partial charge in [0, 0.05) is 30.7 Å². The number of hydrogen-bond donors (Lipinski definition) is 1. The molecular formula is C17H32N2. The van der Waals surface area contributed by atoms with E-state index in [1.54, 1.807) is 0 Å². The van der Waals surface area contributed by atoms with Crippen molar-refractivity contribution in [2.45, 2.75) is 77.4 Å². The van der Waals surface area contributed by atoms with Crippen molar-refractivity contribution in [2.75, 3.05) is 13.1 Å². The SMILES string of the molecule is CCC1(CC)CN(C2CC=CCC2)C(C(C)C)CN1. The van der Waals surface area contributed by atoms with Gasteiger partial charge in [-0.2, -0.15) is 0 Å². The van der Waals surface area contributed by atoms with E-state index in [2.05, 4.69) is 50.1 Å². The molecule has 2 heteroatoms. The fourth-order valence-corrected chi connectivity index (χ4v) is 3.78. The highest BCUT2D eigenvalue weighted by atomic mass is 15.3. The van der Waals surface area contributed by atoms with Crippen LogP contribution in [0.2, 0.25) is 0 Å². The van der Waals surface area contributed by atoms with E-state index in [1.165, 1.54) is 45.2 Å². The van der Waals surface area contributed by atoms with Gasteiger partial charge in [-0.3, -0.25) is 4.90 Å². The van der Waals surface area contributed by atoms with Crippen molar-refractivity contribution < 1.29 is 0 Å². The Morgan fingerprint density at radius 3 is 2.53 bits per heavy atom. The highest BCUT2D eigenvalue weighted by molar-refractivity contribution is 5.02. The summed E-state index contributed by atoms with van der Waals surface area (Å²) < 4.78 is 0. The van der Waals surface area contributed by atoms with Gasteiger partial charge in [-0.05, 0) is 38.0 Å². The van der Waals surface area contributed by atoms with Crippen LogP contribution >= 0.6 is 0 Å². The first-order valence-electron chi connectivity index (χ1n) is 8.27. The summed E-state index contributed by atoms with van der Waals surface area (Å²) in [6.07, 6.45) is 11.1. The minimum absolute atomic E-state index is 0.354. The Kier molecular flexibility index (Phi) is 5.08. The molecule has 0 bridgehead atoms. The van der Waals surface area contributed by atoms with Crippen LogP contribution in [0, 0.1) is 5.92 Å². The van der Waals surface area contributed by atoms with Gasteiger partial charge in [0.1, 0.15) is 0 Å². The van der Waals surface area contributed by atoms with Gasteiger partial charge in [0.15, 0.2) is 0 Å². The van der Waals surface area contributed by atoms with Crippen LogP contribution in [-0.4, -0.2) is 35.6 Å². The van der Waals surface area contributed by atoms with Gasteiger partial charge in [0.2, 0.25) is 0 Å². The molecule has 0 radical (unpaired) electrons. The number of nitrogens with zero attached hydrogens (tertiary/aromatic N) is 1. The number of hydrogen-bond acceptors (Lipinski definition) is 2. The van der Waals surface area contributed by atoms with E-state index in [-0.39, 0.29) is 0 Å². The minimum Gasteiger partial charge on any atom is -0.308 e. The first-order chi connectivity index (χ1) is 9.12. The van der Waals surface area contributed by atoms with E-state index in [1.807, 2.05) is 0 Å². The van der Waals surface area contributed by atoms with E-state index in [0.717, 1.165) is 12.0 Å². The minimum atomic E-state index is 0.354. The summed E-state index contributed by atoms with van der Waals surface area (Å²) in [4.78, 5) is 2.84. The van der Waals surface area contributed by atoms with Gasteiger partial charge in [-0.25, -0.2) is 0 Å². The molecule has 2 unspecified atom stereocenters. The molecule has 0 saturated carbocycles. The normalized spacial score (nSPS) is 31.8. The molecule has 1 aliphatic carbocycles. The molecule has 110 valence electrons. The molecule has 0 amide bonds. The third-order valence-electron chi connectivity index (χ3n) is 5.43. The van der Waals surface area contributed by atoms with E-state index in [0.29, 0.717) is 11.6 Å². The molecule has 2 nitrogen and oxygen atoms in total. The lowest BCUT2D eigenvalue weighted by atomic mass is 9.84. The Morgan fingerprint density at radius 1 is 1.26 bits per heavy atom. The van der Waals surface area contributed by atoms with Crippen LogP contribution < -0.4 is 5.32 Å². The average Bonchev–Trinajstić information content (AvgIpc) is 2.47. The highest BCUT2D eigenvalue weighted by Gasteiger charge is 2.40. The van der Waals surface area contributed by atoms with Gasteiger partial charge in [0.25, 0.3) is 0 Å². The summed E-state index contributed by atoms with van der Waals surface area (Å²) >= 11 is 0. The molecule has 2 rings (SSSR count). The summed E-state index contributed by atoms with van der Waals surface area (Å²) in [6, 6.07) is 1.49. The maximum atomic E-state index is 3.87. The number of allylic oxidation sites excluding steroid dienone is 1. The van der Waals surface area contributed by atoms with Gasteiger partial charge < -0.3 is 5.32 Å². The topological polar surface area (TPSA) is 15.3 Å². The second kappa shape index (κ2) is 6.41. The van der Waals surface area contributed by atoms with Crippen molar-refractivity contribution >= 4 is 0 Å². The molecule has 0 aromatic heterocycles. The molecule has 1 heterocycles. The van der Waals surface area contributed by atoms with E-state index >= 15 is 0 Å². The Bertz CT molecular complexity index is 304. The molecule has 1 N–H and O–H groups in total. The predicted molar refractivity (Wildman–Crippen MR) is 83.4 cm³/mol. The maximum absolute atomic E-state index is 3.87. The molecule has 0 aromatic carbocycles. The van der Waals surface area contributed by atoms with Crippen LogP contribution in [-0.2, 0) is 0 Å². The Morgan fingerprint density at radius 2 is 2.00 bits per heavy atom. The third-order valence-corrected chi connectivity index (χ3v) is 5.43. The third kappa shape index (κ3) is 3.22. The predicted octanol–water partition coefficient (Wildman–Crippen LogP) is 3.58. The molecule has 1 fully saturated rings. The molecule has 0 spiro atoms. The van der Waals surface area contributed by atoms with Crippen molar-refractivity contribution in [3.05, 3.63) is 12.2 Å². The van der Waals surface area contributed by atoms with Crippen LogP contribution in [0.4, 0.5) is 0 Å². The van der Waals surface area contributed by atoms with Gasteiger partial charge in [0.05, 0.1) is 0 Å².